The molecule has 3 nitrogen and oxygen atoms in total. The largest absolute Gasteiger partial charge is 0.375 e. The third kappa shape index (κ3) is 4.49. The Bertz CT molecular complexity index is 182. The lowest BCUT2D eigenvalue weighted by Gasteiger charge is -2.30. The van der Waals surface area contributed by atoms with Crippen molar-refractivity contribution in [3.63, 3.8) is 0 Å². The molecule has 1 aliphatic heterocycles. The molecular formula is C12H26N2O. The Morgan fingerprint density at radius 3 is 2.73 bits per heavy atom. The molecule has 1 unspecified atom stereocenters. The van der Waals surface area contributed by atoms with Gasteiger partial charge < -0.3 is 10.1 Å². The number of nitrogens with zero attached hydrogens (tertiary/aromatic N) is 1. The van der Waals surface area contributed by atoms with Crippen molar-refractivity contribution in [2.24, 2.45) is 0 Å². The van der Waals surface area contributed by atoms with E-state index < -0.39 is 0 Å². The maximum absolute atomic E-state index is 5.72. The predicted octanol–water partition coefficient (Wildman–Crippen LogP) is 1.49. The van der Waals surface area contributed by atoms with Crippen LogP contribution in [0.2, 0.25) is 0 Å². The number of rotatable bonds is 6. The first-order valence-electron chi connectivity index (χ1n) is 6.17. The summed E-state index contributed by atoms with van der Waals surface area (Å²) in [7, 11) is 0. The van der Waals surface area contributed by atoms with Gasteiger partial charge in [-0.15, -0.1) is 0 Å². The van der Waals surface area contributed by atoms with E-state index >= 15 is 0 Å². The van der Waals surface area contributed by atoms with E-state index in [1.807, 2.05) is 0 Å². The maximum Gasteiger partial charge on any atom is 0.0752 e. The number of hydrogen-bond acceptors (Lipinski definition) is 3. The summed E-state index contributed by atoms with van der Waals surface area (Å²) in [6.45, 7) is 13.9. The molecule has 1 aliphatic rings. The third-order valence-corrected chi connectivity index (χ3v) is 2.90. The summed E-state index contributed by atoms with van der Waals surface area (Å²) >= 11 is 0. The maximum atomic E-state index is 5.72. The van der Waals surface area contributed by atoms with Crippen molar-refractivity contribution in [1.82, 2.24) is 10.2 Å². The van der Waals surface area contributed by atoms with Crippen LogP contribution in [0.3, 0.4) is 0 Å². The second kappa shape index (κ2) is 5.83. The molecule has 0 radical (unpaired) electrons. The summed E-state index contributed by atoms with van der Waals surface area (Å²) in [5.74, 6) is 0. The average molecular weight is 214 g/mol. The van der Waals surface area contributed by atoms with Crippen LogP contribution in [0.15, 0.2) is 0 Å². The van der Waals surface area contributed by atoms with E-state index in [1.165, 1.54) is 19.5 Å². The van der Waals surface area contributed by atoms with Gasteiger partial charge in [0.1, 0.15) is 0 Å². The minimum atomic E-state index is -0.00411. The van der Waals surface area contributed by atoms with Crippen LogP contribution in [0.5, 0.6) is 0 Å². The lowest BCUT2D eigenvalue weighted by atomic mass is 10.1. The Morgan fingerprint density at radius 2 is 2.13 bits per heavy atom. The van der Waals surface area contributed by atoms with Crippen molar-refractivity contribution < 1.29 is 4.74 Å². The molecule has 0 aromatic heterocycles. The fraction of sp³-hybridized carbons (Fsp3) is 1.00. The molecule has 1 N–H and O–H groups in total. The molecule has 1 heterocycles. The van der Waals surface area contributed by atoms with Crippen molar-refractivity contribution in [3.05, 3.63) is 0 Å². The van der Waals surface area contributed by atoms with Crippen molar-refractivity contribution in [2.45, 2.75) is 45.8 Å². The number of likely N-dealkylation sites (tertiary alicyclic amines) is 1. The average Bonchev–Trinajstić information content (AvgIpc) is 2.52. The van der Waals surface area contributed by atoms with Gasteiger partial charge in [-0.1, -0.05) is 6.92 Å². The molecule has 0 aromatic rings. The summed E-state index contributed by atoms with van der Waals surface area (Å²) in [5.41, 5.74) is -0.00411. The Labute approximate surface area is 94.2 Å². The van der Waals surface area contributed by atoms with Crippen LogP contribution in [-0.2, 0) is 4.74 Å². The molecule has 0 bridgehead atoms. The number of ether oxygens (including phenoxy) is 1. The summed E-state index contributed by atoms with van der Waals surface area (Å²) < 4.78 is 5.72. The second-order valence-electron chi connectivity index (χ2n) is 4.97. The van der Waals surface area contributed by atoms with Crippen LogP contribution < -0.4 is 5.32 Å². The van der Waals surface area contributed by atoms with E-state index in [9.17, 15) is 0 Å². The quantitative estimate of drug-likeness (QED) is 0.725. The minimum absolute atomic E-state index is 0.00411. The molecule has 0 amide bonds. The number of likely N-dealkylation sites (N-methyl/N-ethyl adjacent to an activating group) is 1. The van der Waals surface area contributed by atoms with E-state index in [-0.39, 0.29) is 5.60 Å². The molecule has 15 heavy (non-hydrogen) atoms. The zero-order chi connectivity index (χ0) is 11.3. The van der Waals surface area contributed by atoms with Gasteiger partial charge in [0.25, 0.3) is 0 Å². The van der Waals surface area contributed by atoms with Gasteiger partial charge in [0, 0.05) is 25.7 Å². The minimum Gasteiger partial charge on any atom is -0.375 e. The smallest absolute Gasteiger partial charge is 0.0752 e. The lowest BCUT2D eigenvalue weighted by Crippen LogP contribution is -2.41. The standard InChI is InChI=1S/C12H26N2O/c1-5-13-11-7-8-14(9-11)10-12(3,4)15-6-2/h11,13H,5-10H2,1-4H3. The van der Waals surface area contributed by atoms with E-state index in [4.69, 9.17) is 4.74 Å². The zero-order valence-corrected chi connectivity index (χ0v) is 10.7. The summed E-state index contributed by atoms with van der Waals surface area (Å²) in [4.78, 5) is 2.50. The lowest BCUT2D eigenvalue weighted by molar-refractivity contribution is -0.0304. The summed E-state index contributed by atoms with van der Waals surface area (Å²) in [6, 6.07) is 0.687. The first kappa shape index (κ1) is 12.9. The van der Waals surface area contributed by atoms with Crippen molar-refractivity contribution >= 4 is 0 Å². The number of nitrogens with one attached hydrogen (secondary N) is 1. The van der Waals surface area contributed by atoms with Gasteiger partial charge >= 0.3 is 0 Å². The van der Waals surface area contributed by atoms with E-state index in [0.29, 0.717) is 6.04 Å². The Balaban J connectivity index is 2.28. The van der Waals surface area contributed by atoms with E-state index in [0.717, 1.165) is 19.7 Å². The molecule has 1 saturated heterocycles. The van der Waals surface area contributed by atoms with Gasteiger partial charge in [-0.05, 0) is 40.3 Å². The molecule has 1 atom stereocenters. The number of hydrogen-bond donors (Lipinski definition) is 1. The van der Waals surface area contributed by atoms with Crippen LogP contribution in [0, 0.1) is 0 Å². The topological polar surface area (TPSA) is 24.5 Å². The van der Waals surface area contributed by atoms with E-state index in [2.05, 4.69) is 37.9 Å². The van der Waals surface area contributed by atoms with Crippen LogP contribution in [0.25, 0.3) is 0 Å². The fourth-order valence-electron chi connectivity index (χ4n) is 2.41. The highest BCUT2D eigenvalue weighted by Crippen LogP contribution is 2.16. The van der Waals surface area contributed by atoms with Crippen LogP contribution in [0.4, 0.5) is 0 Å². The molecule has 1 rings (SSSR count). The van der Waals surface area contributed by atoms with E-state index in [1.54, 1.807) is 0 Å². The SMILES string of the molecule is CCNC1CCN(CC(C)(C)OCC)C1. The normalized spacial score (nSPS) is 23.6. The van der Waals surface area contributed by atoms with Gasteiger partial charge in [-0.2, -0.15) is 0 Å². The highest BCUT2D eigenvalue weighted by molar-refractivity contribution is 4.84. The van der Waals surface area contributed by atoms with Crippen molar-refractivity contribution in [2.75, 3.05) is 32.8 Å². The second-order valence-corrected chi connectivity index (χ2v) is 4.97. The van der Waals surface area contributed by atoms with Gasteiger partial charge in [0.05, 0.1) is 5.60 Å². The highest BCUT2D eigenvalue weighted by atomic mass is 16.5. The van der Waals surface area contributed by atoms with Crippen molar-refractivity contribution in [1.29, 1.82) is 0 Å². The molecule has 0 saturated carbocycles. The summed E-state index contributed by atoms with van der Waals surface area (Å²) in [5, 5.41) is 3.51. The molecule has 0 spiro atoms. The first-order chi connectivity index (χ1) is 7.07. The summed E-state index contributed by atoms with van der Waals surface area (Å²) in [6.07, 6.45) is 1.27. The monoisotopic (exact) mass is 214 g/mol. The molecule has 0 aliphatic carbocycles. The Kier molecular flexibility index (Phi) is 5.03. The predicted molar refractivity (Wildman–Crippen MR) is 64.2 cm³/mol. The molecule has 90 valence electrons. The Hall–Kier alpha value is -0.120. The Morgan fingerprint density at radius 1 is 1.40 bits per heavy atom. The van der Waals surface area contributed by atoms with Crippen LogP contribution in [0.1, 0.15) is 34.1 Å². The molecule has 3 heteroatoms. The molecule has 0 aromatic carbocycles. The highest BCUT2D eigenvalue weighted by Gasteiger charge is 2.27. The van der Waals surface area contributed by atoms with Crippen molar-refractivity contribution in [3.8, 4) is 0 Å². The van der Waals surface area contributed by atoms with Gasteiger partial charge in [0.15, 0.2) is 0 Å². The van der Waals surface area contributed by atoms with Gasteiger partial charge in [0.2, 0.25) is 0 Å². The fourth-order valence-corrected chi connectivity index (χ4v) is 2.41. The van der Waals surface area contributed by atoms with Crippen LogP contribution >= 0.6 is 0 Å². The van der Waals surface area contributed by atoms with Gasteiger partial charge in [-0.25, -0.2) is 0 Å². The third-order valence-electron chi connectivity index (χ3n) is 2.90. The zero-order valence-electron chi connectivity index (χ0n) is 10.7. The first-order valence-corrected chi connectivity index (χ1v) is 6.17. The molecular weight excluding hydrogens is 188 g/mol. The van der Waals surface area contributed by atoms with Gasteiger partial charge in [-0.3, -0.25) is 4.90 Å². The van der Waals surface area contributed by atoms with Crippen LogP contribution in [-0.4, -0.2) is 49.3 Å². The molecule has 1 fully saturated rings.